The van der Waals surface area contributed by atoms with E-state index in [4.69, 9.17) is 5.11 Å². The fourth-order valence-corrected chi connectivity index (χ4v) is 3.25. The highest BCUT2D eigenvalue weighted by Gasteiger charge is 2.26. The maximum absolute atomic E-state index is 10.8. The van der Waals surface area contributed by atoms with Crippen molar-refractivity contribution < 1.29 is 15.0 Å². The number of hydrogen-bond acceptors (Lipinski definition) is 5. The number of phenolic OH excluding ortho intramolecular Hbond substituents is 1. The Morgan fingerprint density at radius 1 is 1.11 bits per heavy atom. The first kappa shape index (κ1) is 23.0. The van der Waals surface area contributed by atoms with Gasteiger partial charge in [0.05, 0.1) is 5.69 Å². The lowest BCUT2D eigenvalue weighted by atomic mass is 9.79. The SMILES string of the molecule is CC(C)(C)c1cc(Nc2nc(C=CC(=O)O)cs2)cc(C(C)(C)C)c1O.Cl. The highest BCUT2D eigenvalue weighted by atomic mass is 35.5. The van der Waals surface area contributed by atoms with Crippen LogP contribution < -0.4 is 5.32 Å². The highest BCUT2D eigenvalue weighted by Crippen LogP contribution is 2.41. The standard InChI is InChI=1S/C20H26N2O3S.ClH/c1-19(2,3)14-9-13(10-15(17(14)25)20(4,5)6)22-18-21-12(11-26-18)7-8-16(23)24;/h7-11,25H,1-6H3,(H,21,22)(H,23,24);1H. The normalized spacial score (nSPS) is 12.1. The fourth-order valence-electron chi connectivity index (χ4n) is 2.55. The molecule has 0 unspecified atom stereocenters. The molecule has 0 bridgehead atoms. The van der Waals surface area contributed by atoms with Crippen LogP contribution in [0.2, 0.25) is 0 Å². The van der Waals surface area contributed by atoms with Gasteiger partial charge in [0.2, 0.25) is 0 Å². The van der Waals surface area contributed by atoms with E-state index in [1.54, 1.807) is 5.38 Å². The van der Waals surface area contributed by atoms with Crippen molar-refractivity contribution in [3.05, 3.63) is 40.4 Å². The number of thiazole rings is 1. The second-order valence-electron chi connectivity index (χ2n) is 8.29. The number of carbonyl (C=O) groups is 1. The van der Waals surface area contributed by atoms with Crippen molar-refractivity contribution in [2.24, 2.45) is 0 Å². The number of nitrogens with zero attached hydrogens (tertiary/aromatic N) is 1. The predicted octanol–water partition coefficient (Wildman–Crippen LogP) is 5.71. The quantitative estimate of drug-likeness (QED) is 0.444. The molecule has 1 aromatic heterocycles. The number of aliphatic carboxylic acids is 1. The molecule has 0 aliphatic rings. The van der Waals surface area contributed by atoms with E-state index in [1.165, 1.54) is 17.4 Å². The molecule has 0 fully saturated rings. The van der Waals surface area contributed by atoms with E-state index in [0.29, 0.717) is 16.6 Å². The van der Waals surface area contributed by atoms with Crippen LogP contribution in [0.1, 0.15) is 58.4 Å². The number of carboxylic acid groups (broad SMARTS) is 1. The summed E-state index contributed by atoms with van der Waals surface area (Å²) in [6.07, 6.45) is 2.52. The third kappa shape index (κ3) is 5.97. The summed E-state index contributed by atoms with van der Waals surface area (Å²) in [5, 5.41) is 25.2. The second-order valence-corrected chi connectivity index (χ2v) is 9.15. The zero-order valence-corrected chi connectivity index (χ0v) is 18.1. The minimum absolute atomic E-state index is 0. The molecule has 1 heterocycles. The Balaban J connectivity index is 0.00000364. The summed E-state index contributed by atoms with van der Waals surface area (Å²) < 4.78 is 0. The minimum Gasteiger partial charge on any atom is -0.507 e. The van der Waals surface area contributed by atoms with Crippen molar-refractivity contribution in [3.8, 4) is 5.75 Å². The average molecular weight is 411 g/mol. The lowest BCUT2D eigenvalue weighted by molar-refractivity contribution is -0.131. The van der Waals surface area contributed by atoms with Gasteiger partial charge in [-0.2, -0.15) is 0 Å². The first-order valence-electron chi connectivity index (χ1n) is 8.39. The maximum Gasteiger partial charge on any atom is 0.328 e. The van der Waals surface area contributed by atoms with E-state index in [-0.39, 0.29) is 23.2 Å². The molecule has 0 saturated carbocycles. The second kappa shape index (κ2) is 8.31. The topological polar surface area (TPSA) is 82.5 Å². The number of halogens is 1. The van der Waals surface area contributed by atoms with Gasteiger partial charge in [0.15, 0.2) is 5.13 Å². The summed E-state index contributed by atoms with van der Waals surface area (Å²) in [6.45, 7) is 12.4. The van der Waals surface area contributed by atoms with Crippen LogP contribution in [0, 0.1) is 0 Å². The molecule has 0 amide bonds. The Morgan fingerprint density at radius 2 is 1.63 bits per heavy atom. The summed E-state index contributed by atoms with van der Waals surface area (Å²) in [7, 11) is 0. The van der Waals surface area contributed by atoms with Crippen LogP contribution in [-0.4, -0.2) is 21.2 Å². The van der Waals surface area contributed by atoms with Crippen LogP contribution in [0.3, 0.4) is 0 Å². The van der Waals surface area contributed by atoms with Crippen LogP contribution >= 0.6 is 23.7 Å². The van der Waals surface area contributed by atoms with Gasteiger partial charge >= 0.3 is 5.97 Å². The first-order valence-corrected chi connectivity index (χ1v) is 9.27. The van der Waals surface area contributed by atoms with Crippen molar-refractivity contribution in [1.82, 2.24) is 4.98 Å². The lowest BCUT2D eigenvalue weighted by Gasteiger charge is -2.28. The van der Waals surface area contributed by atoms with Gasteiger partial charge in [-0.05, 0) is 29.0 Å². The molecule has 0 aliphatic carbocycles. The third-order valence-corrected chi connectivity index (χ3v) is 4.67. The van der Waals surface area contributed by atoms with Crippen LogP contribution in [-0.2, 0) is 15.6 Å². The number of carboxylic acids is 1. The molecule has 2 rings (SSSR count). The van der Waals surface area contributed by atoms with Crippen molar-refractivity contribution in [2.45, 2.75) is 52.4 Å². The van der Waals surface area contributed by atoms with Crippen LogP contribution in [0.15, 0.2) is 23.6 Å². The molecule has 5 nitrogen and oxygen atoms in total. The third-order valence-electron chi connectivity index (χ3n) is 3.90. The summed E-state index contributed by atoms with van der Waals surface area (Å²) in [5.74, 6) is -0.671. The van der Waals surface area contributed by atoms with E-state index in [9.17, 15) is 9.90 Å². The number of rotatable bonds is 4. The minimum atomic E-state index is -1.00. The van der Waals surface area contributed by atoms with Gasteiger partial charge in [-0.15, -0.1) is 23.7 Å². The summed E-state index contributed by atoms with van der Waals surface area (Å²) >= 11 is 1.40. The molecule has 3 N–H and O–H groups in total. The van der Waals surface area contributed by atoms with E-state index in [0.717, 1.165) is 22.9 Å². The number of phenols is 1. The smallest absolute Gasteiger partial charge is 0.328 e. The van der Waals surface area contributed by atoms with E-state index < -0.39 is 5.97 Å². The number of hydrogen-bond donors (Lipinski definition) is 3. The molecule has 7 heteroatoms. The molecular formula is C20H27ClN2O3S. The average Bonchev–Trinajstić information content (AvgIpc) is 2.92. The Hall–Kier alpha value is -2.05. The highest BCUT2D eigenvalue weighted by molar-refractivity contribution is 7.13. The zero-order chi connectivity index (χ0) is 19.7. The first-order chi connectivity index (χ1) is 11.9. The van der Waals surface area contributed by atoms with Crippen molar-refractivity contribution >= 4 is 46.6 Å². The molecule has 2 aromatic rings. The van der Waals surface area contributed by atoms with Crippen LogP contribution in [0.4, 0.5) is 10.8 Å². The molecule has 148 valence electrons. The van der Waals surface area contributed by atoms with Gasteiger partial charge in [-0.25, -0.2) is 9.78 Å². The number of aromatic hydroxyl groups is 1. The van der Waals surface area contributed by atoms with Gasteiger partial charge in [-0.3, -0.25) is 0 Å². The monoisotopic (exact) mass is 410 g/mol. The lowest BCUT2D eigenvalue weighted by Crippen LogP contribution is -2.17. The Morgan fingerprint density at radius 3 is 2.07 bits per heavy atom. The van der Waals surface area contributed by atoms with E-state index in [1.807, 2.05) is 12.1 Å². The predicted molar refractivity (Wildman–Crippen MR) is 115 cm³/mol. The summed E-state index contributed by atoms with van der Waals surface area (Å²) in [6, 6.07) is 3.89. The van der Waals surface area contributed by atoms with Crippen molar-refractivity contribution in [1.29, 1.82) is 0 Å². The fraction of sp³-hybridized carbons (Fsp3) is 0.400. The van der Waals surface area contributed by atoms with E-state index >= 15 is 0 Å². The van der Waals surface area contributed by atoms with Gasteiger partial charge < -0.3 is 15.5 Å². The Kier molecular flexibility index (Phi) is 7.08. The largest absolute Gasteiger partial charge is 0.507 e. The molecule has 0 spiro atoms. The number of anilines is 2. The molecule has 0 aliphatic heterocycles. The van der Waals surface area contributed by atoms with Crippen LogP contribution in [0.5, 0.6) is 5.75 Å². The van der Waals surface area contributed by atoms with Crippen molar-refractivity contribution in [2.75, 3.05) is 5.32 Å². The Labute approximate surface area is 170 Å². The summed E-state index contributed by atoms with van der Waals surface area (Å²) in [5.41, 5.74) is 2.76. The molecule has 0 saturated heterocycles. The Bertz CT molecular complexity index is 811. The van der Waals surface area contributed by atoms with Gasteiger partial charge in [0.1, 0.15) is 5.75 Å². The number of aromatic nitrogens is 1. The zero-order valence-electron chi connectivity index (χ0n) is 16.5. The molecular weight excluding hydrogens is 384 g/mol. The van der Waals surface area contributed by atoms with Gasteiger partial charge in [0, 0.05) is 28.3 Å². The number of benzene rings is 1. The van der Waals surface area contributed by atoms with Gasteiger partial charge in [0.25, 0.3) is 0 Å². The molecule has 27 heavy (non-hydrogen) atoms. The molecule has 0 atom stereocenters. The van der Waals surface area contributed by atoms with Crippen molar-refractivity contribution in [3.63, 3.8) is 0 Å². The number of nitrogens with one attached hydrogen (secondary N) is 1. The molecule has 1 aromatic carbocycles. The van der Waals surface area contributed by atoms with Gasteiger partial charge in [-0.1, -0.05) is 41.5 Å². The van der Waals surface area contributed by atoms with E-state index in [2.05, 4.69) is 51.8 Å². The molecule has 0 radical (unpaired) electrons. The summed E-state index contributed by atoms with van der Waals surface area (Å²) in [4.78, 5) is 15.0. The van der Waals surface area contributed by atoms with Crippen LogP contribution in [0.25, 0.3) is 6.08 Å². The maximum atomic E-state index is 10.8.